The van der Waals surface area contributed by atoms with Crippen LogP contribution >= 0.6 is 11.8 Å². The number of imidazole rings is 1. The summed E-state index contributed by atoms with van der Waals surface area (Å²) in [6.07, 6.45) is 5.71. The Hall–Kier alpha value is -2.03. The zero-order valence-electron chi connectivity index (χ0n) is 14.4. The molecule has 0 spiro atoms. The van der Waals surface area contributed by atoms with Crippen LogP contribution in [0.25, 0.3) is 11.0 Å². The lowest BCUT2D eigenvalue weighted by atomic mass is 9.96. The molecule has 0 radical (unpaired) electrons. The zero-order chi connectivity index (χ0) is 18.1. The molecule has 1 saturated carbocycles. The van der Waals surface area contributed by atoms with Gasteiger partial charge in [-0.3, -0.25) is 4.57 Å². The van der Waals surface area contributed by atoms with Crippen LogP contribution in [0.5, 0.6) is 0 Å². The van der Waals surface area contributed by atoms with E-state index in [0.717, 1.165) is 17.4 Å². The van der Waals surface area contributed by atoms with Crippen molar-refractivity contribution in [2.75, 3.05) is 0 Å². The molecule has 2 aromatic heterocycles. The number of aromatic nitrogens is 6. The van der Waals surface area contributed by atoms with Crippen molar-refractivity contribution in [3.8, 4) is 0 Å². The van der Waals surface area contributed by atoms with E-state index in [2.05, 4.69) is 20.5 Å². The lowest BCUT2D eigenvalue weighted by Gasteiger charge is -2.22. The zero-order valence-corrected chi connectivity index (χ0v) is 15.2. The molecule has 0 N–H and O–H groups in total. The van der Waals surface area contributed by atoms with Crippen LogP contribution in [0.15, 0.2) is 29.4 Å². The standard InChI is InChI=1S/C17H20F2N6S/c1-11(15-20-13-9-5-6-10-14(13)24(15)16(18)19)26-17-21-22-23-25(17)12-7-3-2-4-8-12/h5-6,9-12,16H,2-4,7-8H2,1H3. The molecule has 6 nitrogen and oxygen atoms in total. The minimum absolute atomic E-state index is 0.294. The van der Waals surface area contributed by atoms with E-state index in [9.17, 15) is 8.78 Å². The van der Waals surface area contributed by atoms with Crippen molar-refractivity contribution >= 4 is 22.8 Å². The fraction of sp³-hybridized carbons (Fsp3) is 0.529. The normalized spacial score (nSPS) is 17.2. The van der Waals surface area contributed by atoms with E-state index in [-0.39, 0.29) is 5.25 Å². The van der Waals surface area contributed by atoms with Crippen molar-refractivity contribution in [1.82, 2.24) is 29.8 Å². The van der Waals surface area contributed by atoms with Crippen LogP contribution in [-0.4, -0.2) is 29.8 Å². The molecule has 138 valence electrons. The predicted molar refractivity (Wildman–Crippen MR) is 95.2 cm³/mol. The minimum atomic E-state index is -2.64. The Morgan fingerprint density at radius 2 is 1.92 bits per heavy atom. The molecule has 1 atom stereocenters. The lowest BCUT2D eigenvalue weighted by molar-refractivity contribution is 0.0715. The number of hydrogen-bond donors (Lipinski definition) is 0. The Morgan fingerprint density at radius 3 is 2.69 bits per heavy atom. The summed E-state index contributed by atoms with van der Waals surface area (Å²) in [6.45, 7) is -0.778. The van der Waals surface area contributed by atoms with Crippen LogP contribution in [0.2, 0.25) is 0 Å². The lowest BCUT2D eigenvalue weighted by Crippen LogP contribution is -2.15. The summed E-state index contributed by atoms with van der Waals surface area (Å²) in [7, 11) is 0. The van der Waals surface area contributed by atoms with Gasteiger partial charge in [-0.05, 0) is 42.3 Å². The Labute approximate surface area is 154 Å². The maximum atomic E-state index is 13.7. The second kappa shape index (κ2) is 7.30. The smallest absolute Gasteiger partial charge is 0.269 e. The number of rotatable bonds is 5. The first-order valence-corrected chi connectivity index (χ1v) is 9.72. The third kappa shape index (κ3) is 3.20. The first-order chi connectivity index (χ1) is 12.6. The number of benzene rings is 1. The third-order valence-corrected chi connectivity index (χ3v) is 5.89. The fourth-order valence-electron chi connectivity index (χ4n) is 3.58. The van der Waals surface area contributed by atoms with Gasteiger partial charge >= 0.3 is 6.55 Å². The van der Waals surface area contributed by atoms with Gasteiger partial charge in [0.2, 0.25) is 5.16 Å². The van der Waals surface area contributed by atoms with Crippen LogP contribution < -0.4 is 0 Å². The van der Waals surface area contributed by atoms with E-state index >= 15 is 0 Å². The summed E-state index contributed by atoms with van der Waals surface area (Å²) in [5, 5.41) is 12.4. The summed E-state index contributed by atoms with van der Waals surface area (Å²) >= 11 is 1.38. The summed E-state index contributed by atoms with van der Waals surface area (Å²) in [6, 6.07) is 7.26. The van der Waals surface area contributed by atoms with Gasteiger partial charge in [0.1, 0.15) is 5.82 Å². The molecule has 2 heterocycles. The summed E-state index contributed by atoms with van der Waals surface area (Å²) in [4.78, 5) is 4.44. The molecule has 9 heteroatoms. The molecule has 26 heavy (non-hydrogen) atoms. The number of fused-ring (bicyclic) bond motifs is 1. The van der Waals surface area contributed by atoms with Crippen molar-refractivity contribution in [2.24, 2.45) is 0 Å². The first-order valence-electron chi connectivity index (χ1n) is 8.84. The molecule has 0 bridgehead atoms. The SMILES string of the molecule is CC(Sc1nnnn1C1CCCCC1)c1nc2ccccc2n1C(F)F. The van der Waals surface area contributed by atoms with E-state index < -0.39 is 6.55 Å². The van der Waals surface area contributed by atoms with E-state index in [1.807, 2.05) is 11.6 Å². The number of thioether (sulfide) groups is 1. The Balaban J connectivity index is 1.63. The van der Waals surface area contributed by atoms with E-state index in [1.165, 1.54) is 31.0 Å². The molecular weight excluding hydrogens is 358 g/mol. The second-order valence-electron chi connectivity index (χ2n) is 6.56. The highest BCUT2D eigenvalue weighted by molar-refractivity contribution is 7.99. The molecule has 1 fully saturated rings. The maximum absolute atomic E-state index is 13.7. The highest BCUT2D eigenvalue weighted by atomic mass is 32.2. The quantitative estimate of drug-likeness (QED) is 0.598. The van der Waals surface area contributed by atoms with Gasteiger partial charge in [0.15, 0.2) is 0 Å². The molecule has 1 aliphatic rings. The summed E-state index contributed by atoms with van der Waals surface area (Å²) < 4.78 is 30.2. The molecule has 0 amide bonds. The number of para-hydroxylation sites is 2. The molecule has 0 saturated heterocycles. The van der Waals surface area contributed by atoms with E-state index in [1.54, 1.807) is 24.3 Å². The molecule has 0 aliphatic heterocycles. The number of tetrazole rings is 1. The largest absolute Gasteiger partial charge is 0.320 e. The molecule has 1 aliphatic carbocycles. The van der Waals surface area contributed by atoms with Crippen LogP contribution in [-0.2, 0) is 0 Å². The van der Waals surface area contributed by atoms with Gasteiger partial charge in [-0.1, -0.05) is 43.2 Å². The molecule has 1 aromatic carbocycles. The highest BCUT2D eigenvalue weighted by Gasteiger charge is 2.26. The maximum Gasteiger partial charge on any atom is 0.320 e. The number of halogens is 2. The first kappa shape index (κ1) is 17.4. The van der Waals surface area contributed by atoms with Gasteiger partial charge in [0, 0.05) is 0 Å². The molecular formula is C17H20F2N6S. The monoisotopic (exact) mass is 378 g/mol. The average molecular weight is 378 g/mol. The highest BCUT2D eigenvalue weighted by Crippen LogP contribution is 2.38. The van der Waals surface area contributed by atoms with Gasteiger partial charge in [-0.15, -0.1) is 5.10 Å². The van der Waals surface area contributed by atoms with Crippen molar-refractivity contribution in [3.63, 3.8) is 0 Å². The van der Waals surface area contributed by atoms with E-state index in [4.69, 9.17) is 0 Å². The van der Waals surface area contributed by atoms with Gasteiger partial charge in [0.25, 0.3) is 0 Å². The van der Waals surface area contributed by atoms with Crippen LogP contribution in [0.1, 0.15) is 62.7 Å². The Morgan fingerprint density at radius 1 is 1.15 bits per heavy atom. The van der Waals surface area contributed by atoms with Crippen molar-refractivity contribution < 1.29 is 8.78 Å². The fourth-order valence-corrected chi connectivity index (χ4v) is 4.55. The molecule has 4 rings (SSSR count). The average Bonchev–Trinajstić information content (AvgIpc) is 3.26. The Kier molecular flexibility index (Phi) is 4.88. The number of nitrogens with zero attached hydrogens (tertiary/aromatic N) is 6. The van der Waals surface area contributed by atoms with Crippen LogP contribution in [0, 0.1) is 0 Å². The number of hydrogen-bond acceptors (Lipinski definition) is 5. The minimum Gasteiger partial charge on any atom is -0.269 e. The second-order valence-corrected chi connectivity index (χ2v) is 7.87. The number of alkyl halides is 2. The van der Waals surface area contributed by atoms with Crippen molar-refractivity contribution in [3.05, 3.63) is 30.1 Å². The van der Waals surface area contributed by atoms with Crippen LogP contribution in [0.3, 0.4) is 0 Å². The van der Waals surface area contributed by atoms with Crippen LogP contribution in [0.4, 0.5) is 8.78 Å². The summed E-state index contributed by atoms with van der Waals surface area (Å²) in [5.74, 6) is 0.337. The van der Waals surface area contributed by atoms with Gasteiger partial charge in [-0.2, -0.15) is 8.78 Å². The summed E-state index contributed by atoms with van der Waals surface area (Å²) in [5.41, 5.74) is 1.01. The predicted octanol–water partition coefficient (Wildman–Crippen LogP) is 4.78. The van der Waals surface area contributed by atoms with Crippen molar-refractivity contribution in [2.45, 2.75) is 62.0 Å². The van der Waals surface area contributed by atoms with E-state index in [0.29, 0.717) is 28.1 Å². The van der Waals surface area contributed by atoms with Gasteiger partial charge in [-0.25, -0.2) is 9.67 Å². The topological polar surface area (TPSA) is 61.4 Å². The molecule has 1 unspecified atom stereocenters. The van der Waals surface area contributed by atoms with Crippen molar-refractivity contribution in [1.29, 1.82) is 0 Å². The van der Waals surface area contributed by atoms with Gasteiger partial charge < -0.3 is 0 Å². The third-order valence-electron chi connectivity index (χ3n) is 4.85. The Bertz CT molecular complexity index is 886. The van der Waals surface area contributed by atoms with Gasteiger partial charge in [0.05, 0.1) is 22.3 Å². The molecule has 3 aromatic rings.